The van der Waals surface area contributed by atoms with E-state index in [0.717, 1.165) is 10.4 Å². The topological polar surface area (TPSA) is 27.1 Å². The quantitative estimate of drug-likeness (QED) is 0.702. The van der Waals surface area contributed by atoms with Crippen molar-refractivity contribution in [2.45, 2.75) is 6.73 Å². The van der Waals surface area contributed by atoms with Crippen LogP contribution in [0, 0.1) is 12.0 Å². The summed E-state index contributed by atoms with van der Waals surface area (Å²) in [5.41, 5.74) is 0. The van der Waals surface area contributed by atoms with Crippen LogP contribution in [0.25, 0.3) is 0 Å². The molecule has 1 radical (unpaired) electrons. The second kappa shape index (κ2) is 4.79. The van der Waals surface area contributed by atoms with Crippen LogP contribution in [0.15, 0.2) is 6.20 Å². The van der Waals surface area contributed by atoms with Gasteiger partial charge in [-0.15, -0.1) is 0 Å². The fourth-order valence-corrected chi connectivity index (χ4v) is 1.44. The summed E-state index contributed by atoms with van der Waals surface area (Å²) in [6.45, 7) is 0.822. The molecule has 0 saturated heterocycles. The molecule has 1 rings (SSSR count). The number of aromatic nitrogens is 2. The Labute approximate surface area is 85.6 Å². The lowest BCUT2D eigenvalue weighted by Crippen LogP contribution is -2.11. The van der Waals surface area contributed by atoms with Crippen LogP contribution in [0.4, 0.5) is 4.39 Å². The summed E-state index contributed by atoms with van der Waals surface area (Å²) >= 11 is 0. The molecule has 0 aliphatic heterocycles. The second-order valence-corrected chi connectivity index (χ2v) is 8.50. The SMILES string of the molecule is CS(C)(C)CCOCn1nc[c]c1F. The van der Waals surface area contributed by atoms with E-state index in [1.54, 1.807) is 0 Å². The first-order chi connectivity index (χ1) is 6.49. The minimum Gasteiger partial charge on any atom is -0.358 e. The van der Waals surface area contributed by atoms with Gasteiger partial charge in [0.25, 0.3) is 0 Å². The Morgan fingerprint density at radius 3 is 2.79 bits per heavy atom. The van der Waals surface area contributed by atoms with Gasteiger partial charge in [-0.2, -0.15) is 9.49 Å². The van der Waals surface area contributed by atoms with Crippen molar-refractivity contribution in [1.29, 1.82) is 0 Å². The Kier molecular flexibility index (Phi) is 3.95. The Morgan fingerprint density at radius 1 is 1.57 bits per heavy atom. The summed E-state index contributed by atoms with van der Waals surface area (Å²) in [5.74, 6) is 0.549. The van der Waals surface area contributed by atoms with Crippen molar-refractivity contribution in [3.05, 3.63) is 18.2 Å². The van der Waals surface area contributed by atoms with Gasteiger partial charge in [-0.3, -0.25) is 0 Å². The van der Waals surface area contributed by atoms with Crippen molar-refractivity contribution in [2.75, 3.05) is 31.1 Å². The van der Waals surface area contributed by atoms with E-state index in [1.807, 2.05) is 0 Å². The number of hydrogen-bond donors (Lipinski definition) is 0. The van der Waals surface area contributed by atoms with Crippen LogP contribution in [0.3, 0.4) is 0 Å². The van der Waals surface area contributed by atoms with Crippen molar-refractivity contribution in [2.24, 2.45) is 0 Å². The van der Waals surface area contributed by atoms with Crippen LogP contribution in [0.5, 0.6) is 0 Å². The largest absolute Gasteiger partial charge is 0.358 e. The summed E-state index contributed by atoms with van der Waals surface area (Å²) in [6.07, 6.45) is 7.96. The summed E-state index contributed by atoms with van der Waals surface area (Å²) in [7, 11) is -0.532. The van der Waals surface area contributed by atoms with Crippen LogP contribution < -0.4 is 0 Å². The fraction of sp³-hybridized carbons (Fsp3) is 0.667. The highest BCUT2D eigenvalue weighted by Gasteiger charge is 2.04. The van der Waals surface area contributed by atoms with E-state index in [4.69, 9.17) is 4.74 Å². The summed E-state index contributed by atoms with van der Waals surface area (Å²) in [4.78, 5) is 0. The first-order valence-electron chi connectivity index (χ1n) is 4.32. The van der Waals surface area contributed by atoms with Crippen molar-refractivity contribution in [3.63, 3.8) is 0 Å². The average Bonchev–Trinajstić information content (AvgIpc) is 2.44. The standard InChI is InChI=1S/C9H16FN2OS/c1-14(2,3)7-6-13-8-12-9(10)4-5-11-12/h5H,6-8H2,1-3H3. The third-order valence-electron chi connectivity index (χ3n) is 1.66. The highest BCUT2D eigenvalue weighted by Crippen LogP contribution is 2.33. The maximum absolute atomic E-state index is 12.8. The predicted molar refractivity (Wildman–Crippen MR) is 57.2 cm³/mol. The van der Waals surface area contributed by atoms with E-state index in [-0.39, 0.29) is 6.73 Å². The summed E-state index contributed by atoms with van der Waals surface area (Å²) in [6, 6.07) is 2.34. The molecule has 1 aromatic rings. The predicted octanol–water partition coefficient (Wildman–Crippen LogP) is 1.49. The van der Waals surface area contributed by atoms with Crippen LogP contribution in [0.2, 0.25) is 0 Å². The molecule has 0 spiro atoms. The molecular formula is C9H16FN2OS. The van der Waals surface area contributed by atoms with Gasteiger partial charge in [0, 0.05) is 5.75 Å². The van der Waals surface area contributed by atoms with Gasteiger partial charge in [-0.25, -0.2) is 14.7 Å². The lowest BCUT2D eigenvalue weighted by atomic mass is 10.7. The van der Waals surface area contributed by atoms with Gasteiger partial charge in [0.15, 0.2) is 0 Å². The number of rotatable bonds is 5. The van der Waals surface area contributed by atoms with E-state index in [9.17, 15) is 4.39 Å². The number of ether oxygens (including phenoxy) is 1. The van der Waals surface area contributed by atoms with E-state index >= 15 is 0 Å². The molecular weight excluding hydrogens is 203 g/mol. The minimum atomic E-state index is -0.532. The van der Waals surface area contributed by atoms with Crippen LogP contribution >= 0.6 is 10.0 Å². The van der Waals surface area contributed by atoms with Crippen LogP contribution in [0.1, 0.15) is 0 Å². The zero-order valence-corrected chi connectivity index (χ0v) is 9.60. The molecule has 1 heterocycles. The Morgan fingerprint density at radius 2 is 2.29 bits per heavy atom. The zero-order valence-electron chi connectivity index (χ0n) is 8.79. The molecule has 0 aliphatic carbocycles. The van der Waals surface area contributed by atoms with Gasteiger partial charge in [0.05, 0.1) is 18.9 Å². The van der Waals surface area contributed by atoms with Crippen LogP contribution in [-0.2, 0) is 11.5 Å². The number of halogens is 1. The normalized spacial score (nSPS) is 13.1. The number of hydrogen-bond acceptors (Lipinski definition) is 2. The van der Waals surface area contributed by atoms with Crippen molar-refractivity contribution in [3.8, 4) is 0 Å². The van der Waals surface area contributed by atoms with Crippen molar-refractivity contribution < 1.29 is 9.13 Å². The molecule has 0 N–H and O–H groups in total. The lowest BCUT2D eigenvalue weighted by Gasteiger charge is -2.24. The molecule has 0 fully saturated rings. The Bertz CT molecular complexity index is 283. The summed E-state index contributed by atoms with van der Waals surface area (Å²) < 4.78 is 19.2. The van der Waals surface area contributed by atoms with Crippen LogP contribution in [-0.4, -0.2) is 40.9 Å². The van der Waals surface area contributed by atoms with Crippen molar-refractivity contribution in [1.82, 2.24) is 9.78 Å². The maximum Gasteiger partial charge on any atom is 0.221 e. The van der Waals surface area contributed by atoms with E-state index in [2.05, 4.69) is 29.9 Å². The maximum atomic E-state index is 12.8. The third kappa shape index (κ3) is 4.11. The Hall–Kier alpha value is -0.550. The third-order valence-corrected chi connectivity index (χ3v) is 3.05. The van der Waals surface area contributed by atoms with Gasteiger partial charge in [0.2, 0.25) is 5.95 Å². The first kappa shape index (κ1) is 11.5. The van der Waals surface area contributed by atoms with Crippen molar-refractivity contribution >= 4 is 10.0 Å². The second-order valence-electron chi connectivity index (χ2n) is 3.91. The highest BCUT2D eigenvalue weighted by atomic mass is 32.3. The molecule has 1 aromatic heterocycles. The van der Waals surface area contributed by atoms with Gasteiger partial charge in [-0.05, 0) is 18.8 Å². The fourth-order valence-electron chi connectivity index (χ4n) is 0.827. The van der Waals surface area contributed by atoms with Gasteiger partial charge in [0.1, 0.15) is 6.73 Å². The molecule has 0 bridgehead atoms. The molecule has 14 heavy (non-hydrogen) atoms. The molecule has 0 unspecified atom stereocenters. The molecule has 3 nitrogen and oxygen atoms in total. The van der Waals surface area contributed by atoms with Gasteiger partial charge < -0.3 is 4.74 Å². The smallest absolute Gasteiger partial charge is 0.221 e. The van der Waals surface area contributed by atoms with Gasteiger partial charge in [-0.1, -0.05) is 0 Å². The minimum absolute atomic E-state index is 0.171. The van der Waals surface area contributed by atoms with E-state index in [0.29, 0.717) is 6.61 Å². The lowest BCUT2D eigenvalue weighted by molar-refractivity contribution is 0.0720. The molecule has 0 amide bonds. The molecule has 5 heteroatoms. The molecule has 81 valence electrons. The highest BCUT2D eigenvalue weighted by molar-refractivity contribution is 8.32. The number of nitrogens with zero attached hydrogens (tertiary/aromatic N) is 2. The van der Waals surface area contributed by atoms with E-state index < -0.39 is 16.0 Å². The summed E-state index contributed by atoms with van der Waals surface area (Å²) in [5, 5.41) is 3.72. The monoisotopic (exact) mass is 219 g/mol. The van der Waals surface area contributed by atoms with Gasteiger partial charge >= 0.3 is 0 Å². The molecule has 0 aliphatic rings. The first-order valence-corrected chi connectivity index (χ1v) is 7.34. The molecule has 0 saturated carbocycles. The molecule has 0 atom stereocenters. The van der Waals surface area contributed by atoms with E-state index in [1.165, 1.54) is 6.20 Å². The molecule has 0 aromatic carbocycles. The average molecular weight is 219 g/mol. The zero-order chi connectivity index (χ0) is 10.6. The Balaban J connectivity index is 2.20.